The number of aliphatic imine (C=N–C) groups is 1. The van der Waals surface area contributed by atoms with Crippen LogP contribution in [0, 0.1) is 5.92 Å². The summed E-state index contributed by atoms with van der Waals surface area (Å²) in [6, 6.07) is 10.7. The van der Waals surface area contributed by atoms with Gasteiger partial charge in [-0.05, 0) is 17.9 Å². The number of benzene rings is 1. The zero-order valence-electron chi connectivity index (χ0n) is 11.3. The van der Waals surface area contributed by atoms with Gasteiger partial charge >= 0.3 is 0 Å². The molecule has 0 amide bonds. The molecule has 0 bridgehead atoms. The van der Waals surface area contributed by atoms with Gasteiger partial charge in [0, 0.05) is 6.54 Å². The second kappa shape index (κ2) is 6.47. The van der Waals surface area contributed by atoms with Gasteiger partial charge in [0.15, 0.2) is 5.17 Å². The molecule has 3 heteroatoms. The van der Waals surface area contributed by atoms with Crippen molar-refractivity contribution in [2.45, 2.75) is 37.4 Å². The lowest BCUT2D eigenvalue weighted by Crippen LogP contribution is -2.21. The Morgan fingerprint density at radius 1 is 1.16 bits per heavy atom. The molecule has 0 radical (unpaired) electrons. The number of thioether (sulfide) groups is 1. The van der Waals surface area contributed by atoms with Crippen LogP contribution in [0.3, 0.4) is 0 Å². The first kappa shape index (κ1) is 13.0. The van der Waals surface area contributed by atoms with E-state index in [1.165, 1.54) is 37.7 Å². The maximum absolute atomic E-state index is 4.63. The number of nitrogens with one attached hydrogen (secondary N) is 1. The Hall–Kier alpha value is -0.960. The van der Waals surface area contributed by atoms with Crippen molar-refractivity contribution in [3.8, 4) is 0 Å². The van der Waals surface area contributed by atoms with Gasteiger partial charge in [0.25, 0.3) is 0 Å². The Labute approximate surface area is 120 Å². The number of amidine groups is 1. The van der Waals surface area contributed by atoms with Crippen molar-refractivity contribution in [1.82, 2.24) is 5.32 Å². The second-order valence-electron chi connectivity index (χ2n) is 5.53. The van der Waals surface area contributed by atoms with Gasteiger partial charge in [-0.15, -0.1) is 0 Å². The van der Waals surface area contributed by atoms with Crippen molar-refractivity contribution in [2.75, 3.05) is 13.1 Å². The Morgan fingerprint density at radius 3 is 2.74 bits per heavy atom. The van der Waals surface area contributed by atoms with E-state index in [-0.39, 0.29) is 0 Å². The van der Waals surface area contributed by atoms with E-state index in [4.69, 9.17) is 0 Å². The molecular weight excluding hydrogens is 252 g/mol. The summed E-state index contributed by atoms with van der Waals surface area (Å²) in [5.74, 6) is 0.962. The maximum Gasteiger partial charge on any atom is 0.157 e. The predicted molar refractivity (Wildman–Crippen MR) is 83.7 cm³/mol. The SMILES string of the molecule is c1ccc(C2CN=C(NCCC3CCCC3)S2)cc1. The molecular formula is C16H22N2S. The molecule has 0 aromatic heterocycles. The van der Waals surface area contributed by atoms with E-state index in [2.05, 4.69) is 40.6 Å². The highest BCUT2D eigenvalue weighted by molar-refractivity contribution is 8.14. The van der Waals surface area contributed by atoms with Crippen LogP contribution in [-0.2, 0) is 0 Å². The molecule has 1 saturated carbocycles. The Balaban J connectivity index is 1.41. The smallest absolute Gasteiger partial charge is 0.157 e. The van der Waals surface area contributed by atoms with E-state index in [1.807, 2.05) is 11.8 Å². The van der Waals surface area contributed by atoms with Crippen LogP contribution in [0.1, 0.15) is 42.9 Å². The number of rotatable bonds is 4. The van der Waals surface area contributed by atoms with Gasteiger partial charge in [0.1, 0.15) is 0 Å². The Bertz CT molecular complexity index is 424. The molecule has 1 aromatic carbocycles. The topological polar surface area (TPSA) is 24.4 Å². The van der Waals surface area contributed by atoms with Crippen molar-refractivity contribution in [2.24, 2.45) is 10.9 Å². The van der Waals surface area contributed by atoms with Crippen molar-refractivity contribution in [3.05, 3.63) is 35.9 Å². The summed E-state index contributed by atoms with van der Waals surface area (Å²) in [5, 5.41) is 5.18. The highest BCUT2D eigenvalue weighted by atomic mass is 32.2. The van der Waals surface area contributed by atoms with Crippen LogP contribution in [0.25, 0.3) is 0 Å². The molecule has 19 heavy (non-hydrogen) atoms. The normalized spacial score (nSPS) is 23.6. The van der Waals surface area contributed by atoms with Crippen molar-refractivity contribution >= 4 is 16.9 Å². The molecule has 1 atom stereocenters. The third-order valence-electron chi connectivity index (χ3n) is 4.13. The molecule has 1 aromatic rings. The highest BCUT2D eigenvalue weighted by Crippen LogP contribution is 2.34. The first-order chi connectivity index (χ1) is 9.42. The fourth-order valence-electron chi connectivity index (χ4n) is 3.00. The minimum absolute atomic E-state index is 0.509. The summed E-state index contributed by atoms with van der Waals surface area (Å²) in [5.41, 5.74) is 1.39. The quantitative estimate of drug-likeness (QED) is 0.897. The molecule has 1 aliphatic carbocycles. The second-order valence-corrected chi connectivity index (χ2v) is 6.72. The first-order valence-corrected chi connectivity index (χ1v) is 8.30. The number of hydrogen-bond donors (Lipinski definition) is 1. The van der Waals surface area contributed by atoms with Crippen molar-refractivity contribution in [3.63, 3.8) is 0 Å². The van der Waals surface area contributed by atoms with Gasteiger partial charge in [0.05, 0.1) is 11.8 Å². The van der Waals surface area contributed by atoms with Crippen LogP contribution >= 0.6 is 11.8 Å². The third-order valence-corrected chi connectivity index (χ3v) is 5.33. The molecule has 1 N–H and O–H groups in total. The lowest BCUT2D eigenvalue weighted by molar-refractivity contribution is 0.501. The Morgan fingerprint density at radius 2 is 1.95 bits per heavy atom. The van der Waals surface area contributed by atoms with E-state index in [9.17, 15) is 0 Å². The number of nitrogens with zero attached hydrogens (tertiary/aromatic N) is 1. The highest BCUT2D eigenvalue weighted by Gasteiger charge is 2.21. The van der Waals surface area contributed by atoms with Crippen LogP contribution in [-0.4, -0.2) is 18.3 Å². The fraction of sp³-hybridized carbons (Fsp3) is 0.562. The van der Waals surface area contributed by atoms with E-state index in [0.29, 0.717) is 5.25 Å². The van der Waals surface area contributed by atoms with Gasteiger partial charge in [-0.1, -0.05) is 67.8 Å². The summed E-state index contributed by atoms with van der Waals surface area (Å²) < 4.78 is 0. The third kappa shape index (κ3) is 3.53. The molecule has 2 aliphatic rings. The van der Waals surface area contributed by atoms with Crippen LogP contribution in [0.2, 0.25) is 0 Å². The monoisotopic (exact) mass is 274 g/mol. The van der Waals surface area contributed by atoms with E-state index in [1.54, 1.807) is 0 Å². The van der Waals surface area contributed by atoms with Crippen molar-refractivity contribution < 1.29 is 0 Å². The molecule has 3 rings (SSSR count). The van der Waals surface area contributed by atoms with Gasteiger partial charge in [-0.25, -0.2) is 0 Å². The van der Waals surface area contributed by atoms with Crippen LogP contribution < -0.4 is 5.32 Å². The lowest BCUT2D eigenvalue weighted by atomic mass is 10.0. The average Bonchev–Trinajstić information content (AvgIpc) is 3.11. The summed E-state index contributed by atoms with van der Waals surface area (Å²) in [7, 11) is 0. The van der Waals surface area contributed by atoms with Crippen LogP contribution in [0.15, 0.2) is 35.3 Å². The zero-order chi connectivity index (χ0) is 12.9. The molecule has 2 nitrogen and oxygen atoms in total. The predicted octanol–water partition coefficient (Wildman–Crippen LogP) is 4.00. The molecule has 102 valence electrons. The minimum atomic E-state index is 0.509. The average molecular weight is 274 g/mol. The summed E-state index contributed by atoms with van der Waals surface area (Å²) in [4.78, 5) is 4.63. The standard InChI is InChI=1S/C16H22N2S/c1-2-8-14(9-3-1)15-12-18-16(19-15)17-11-10-13-6-4-5-7-13/h1-3,8-9,13,15H,4-7,10-12H2,(H,17,18). The largest absolute Gasteiger partial charge is 0.365 e. The van der Waals surface area contributed by atoms with Crippen LogP contribution in [0.4, 0.5) is 0 Å². The Kier molecular flexibility index (Phi) is 4.44. The fourth-order valence-corrected chi connectivity index (χ4v) is 4.04. The van der Waals surface area contributed by atoms with Crippen LogP contribution in [0.5, 0.6) is 0 Å². The molecule has 1 heterocycles. The van der Waals surface area contributed by atoms with Crippen molar-refractivity contribution in [1.29, 1.82) is 0 Å². The van der Waals surface area contributed by atoms with Gasteiger partial charge in [-0.3, -0.25) is 4.99 Å². The summed E-state index contributed by atoms with van der Waals surface area (Å²) in [6.07, 6.45) is 7.07. The zero-order valence-corrected chi connectivity index (χ0v) is 12.2. The molecule has 1 unspecified atom stereocenters. The van der Waals surface area contributed by atoms with E-state index in [0.717, 1.165) is 24.2 Å². The van der Waals surface area contributed by atoms with E-state index < -0.39 is 0 Å². The minimum Gasteiger partial charge on any atom is -0.365 e. The summed E-state index contributed by atoms with van der Waals surface area (Å²) in [6.45, 7) is 2.01. The molecule has 1 aliphatic heterocycles. The molecule has 0 saturated heterocycles. The lowest BCUT2D eigenvalue weighted by Gasteiger charge is -2.11. The molecule has 1 fully saturated rings. The van der Waals surface area contributed by atoms with Gasteiger partial charge in [0.2, 0.25) is 0 Å². The maximum atomic E-state index is 4.63. The summed E-state index contributed by atoms with van der Waals surface area (Å²) >= 11 is 1.89. The first-order valence-electron chi connectivity index (χ1n) is 7.42. The van der Waals surface area contributed by atoms with Gasteiger partial charge in [-0.2, -0.15) is 0 Å². The van der Waals surface area contributed by atoms with Gasteiger partial charge < -0.3 is 5.32 Å². The number of hydrogen-bond acceptors (Lipinski definition) is 3. The molecule has 0 spiro atoms. The van der Waals surface area contributed by atoms with E-state index >= 15 is 0 Å².